The van der Waals surface area contributed by atoms with Gasteiger partial charge in [0.05, 0.1) is 10.9 Å². The summed E-state index contributed by atoms with van der Waals surface area (Å²) in [5, 5.41) is 11.7. The first-order valence-electron chi connectivity index (χ1n) is 5.24. The zero-order valence-corrected chi connectivity index (χ0v) is 10.6. The van der Waals surface area contributed by atoms with Gasteiger partial charge in [-0.25, -0.2) is 0 Å². The molecule has 0 saturated carbocycles. The number of thiophene rings is 1. The van der Waals surface area contributed by atoms with Crippen LogP contribution in [0.4, 0.5) is 0 Å². The van der Waals surface area contributed by atoms with Gasteiger partial charge in [-0.2, -0.15) is 0 Å². The lowest BCUT2D eigenvalue weighted by Crippen LogP contribution is -2.22. The highest BCUT2D eigenvalue weighted by Gasteiger charge is 2.34. The van der Waals surface area contributed by atoms with Crippen molar-refractivity contribution in [2.45, 2.75) is 13.5 Å². The first kappa shape index (κ1) is 11.9. The predicted octanol–water partition coefficient (Wildman–Crippen LogP) is 2.55. The molecule has 1 N–H and O–H groups in total. The summed E-state index contributed by atoms with van der Waals surface area (Å²) in [5.74, 6) is -0.678. The van der Waals surface area contributed by atoms with Crippen LogP contribution in [0.5, 0.6) is 0 Å². The van der Waals surface area contributed by atoms with E-state index in [9.17, 15) is 4.79 Å². The maximum absolute atomic E-state index is 11.0. The number of carboxylic acids is 1. The molecule has 1 aliphatic heterocycles. The average molecular weight is 260 g/mol. The third-order valence-corrected chi connectivity index (χ3v) is 4.28. The Morgan fingerprint density at radius 1 is 1.69 bits per heavy atom. The largest absolute Gasteiger partial charge is 0.481 e. The summed E-state index contributed by atoms with van der Waals surface area (Å²) in [5.41, 5.74) is 0. The monoisotopic (exact) mass is 259 g/mol. The molecule has 1 aliphatic rings. The maximum atomic E-state index is 11.0. The van der Waals surface area contributed by atoms with Gasteiger partial charge in [-0.3, -0.25) is 9.69 Å². The van der Waals surface area contributed by atoms with Crippen LogP contribution in [0.3, 0.4) is 0 Å². The summed E-state index contributed by atoms with van der Waals surface area (Å²) < 4.78 is 0. The quantitative estimate of drug-likeness (QED) is 0.907. The van der Waals surface area contributed by atoms with Gasteiger partial charge < -0.3 is 5.11 Å². The number of nitrogens with zero attached hydrogens (tertiary/aromatic N) is 1. The van der Waals surface area contributed by atoms with Gasteiger partial charge in [-0.05, 0) is 12.0 Å². The number of aliphatic carboxylic acids is 1. The van der Waals surface area contributed by atoms with Crippen molar-refractivity contribution in [3.05, 3.63) is 21.3 Å². The van der Waals surface area contributed by atoms with Crippen LogP contribution in [0, 0.1) is 11.8 Å². The maximum Gasteiger partial charge on any atom is 0.308 e. The van der Waals surface area contributed by atoms with Crippen molar-refractivity contribution in [2.24, 2.45) is 11.8 Å². The number of hydrogen-bond acceptors (Lipinski definition) is 3. The fraction of sp³-hybridized carbons (Fsp3) is 0.545. The zero-order chi connectivity index (χ0) is 11.7. The van der Waals surface area contributed by atoms with E-state index in [0.29, 0.717) is 6.54 Å². The van der Waals surface area contributed by atoms with Crippen LogP contribution < -0.4 is 0 Å². The lowest BCUT2D eigenvalue weighted by molar-refractivity contribution is -0.142. The number of carboxylic acid groups (broad SMARTS) is 1. The molecule has 0 aromatic carbocycles. The summed E-state index contributed by atoms with van der Waals surface area (Å²) in [7, 11) is 0. The highest BCUT2D eigenvalue weighted by molar-refractivity contribution is 7.10. The Hall–Kier alpha value is -0.580. The summed E-state index contributed by atoms with van der Waals surface area (Å²) >= 11 is 7.48. The van der Waals surface area contributed by atoms with Gasteiger partial charge in [0.15, 0.2) is 0 Å². The van der Waals surface area contributed by atoms with Crippen molar-refractivity contribution in [3.8, 4) is 0 Å². The predicted molar refractivity (Wildman–Crippen MR) is 64.9 cm³/mol. The number of carbonyl (C=O) groups is 1. The second kappa shape index (κ2) is 4.73. The zero-order valence-electron chi connectivity index (χ0n) is 9.02. The molecule has 2 heterocycles. The molecule has 0 aliphatic carbocycles. The van der Waals surface area contributed by atoms with Crippen molar-refractivity contribution in [1.82, 2.24) is 4.90 Å². The number of halogens is 1. The Labute approximate surface area is 104 Å². The van der Waals surface area contributed by atoms with Crippen molar-refractivity contribution < 1.29 is 9.90 Å². The molecule has 0 radical (unpaired) electrons. The molecule has 2 atom stereocenters. The molecule has 1 saturated heterocycles. The fourth-order valence-corrected chi connectivity index (χ4v) is 3.29. The minimum Gasteiger partial charge on any atom is -0.481 e. The van der Waals surface area contributed by atoms with Gasteiger partial charge in [-0.1, -0.05) is 18.5 Å². The molecule has 1 aromatic heterocycles. The summed E-state index contributed by atoms with van der Waals surface area (Å²) in [6, 6.07) is 1.95. The van der Waals surface area contributed by atoms with Crippen LogP contribution in [-0.4, -0.2) is 29.1 Å². The van der Waals surface area contributed by atoms with E-state index < -0.39 is 5.97 Å². The summed E-state index contributed by atoms with van der Waals surface area (Å²) in [6.07, 6.45) is 0. The van der Waals surface area contributed by atoms with Crippen molar-refractivity contribution in [2.75, 3.05) is 13.1 Å². The van der Waals surface area contributed by atoms with E-state index >= 15 is 0 Å². The van der Waals surface area contributed by atoms with E-state index in [1.807, 2.05) is 18.4 Å². The highest BCUT2D eigenvalue weighted by atomic mass is 35.5. The van der Waals surface area contributed by atoms with Crippen molar-refractivity contribution >= 4 is 28.9 Å². The normalized spacial score (nSPS) is 26.1. The van der Waals surface area contributed by atoms with E-state index in [1.54, 1.807) is 11.3 Å². The Balaban J connectivity index is 1.96. The fourth-order valence-electron chi connectivity index (χ4n) is 2.17. The first-order valence-corrected chi connectivity index (χ1v) is 6.50. The molecule has 16 heavy (non-hydrogen) atoms. The molecule has 1 aromatic rings. The van der Waals surface area contributed by atoms with Crippen molar-refractivity contribution in [1.29, 1.82) is 0 Å². The van der Waals surface area contributed by atoms with E-state index in [2.05, 4.69) is 4.90 Å². The van der Waals surface area contributed by atoms with Gasteiger partial charge >= 0.3 is 5.97 Å². The molecule has 5 heteroatoms. The smallest absolute Gasteiger partial charge is 0.308 e. The Kier molecular flexibility index (Phi) is 3.52. The molecule has 0 spiro atoms. The van der Waals surface area contributed by atoms with Gasteiger partial charge in [0.2, 0.25) is 0 Å². The van der Waals surface area contributed by atoms with Crippen LogP contribution in [-0.2, 0) is 11.3 Å². The second-order valence-corrected chi connectivity index (χ2v) is 5.78. The molecule has 0 bridgehead atoms. The highest BCUT2D eigenvalue weighted by Crippen LogP contribution is 2.27. The number of rotatable bonds is 3. The van der Waals surface area contributed by atoms with E-state index in [4.69, 9.17) is 16.7 Å². The lowest BCUT2D eigenvalue weighted by Gasteiger charge is -2.13. The van der Waals surface area contributed by atoms with Gasteiger partial charge in [0.1, 0.15) is 0 Å². The lowest BCUT2D eigenvalue weighted by atomic mass is 9.99. The van der Waals surface area contributed by atoms with Crippen LogP contribution >= 0.6 is 22.9 Å². The van der Waals surface area contributed by atoms with Crippen molar-refractivity contribution in [3.63, 3.8) is 0 Å². The second-order valence-electron chi connectivity index (χ2n) is 4.35. The minimum absolute atomic E-state index is 0.226. The molecule has 1 fully saturated rings. The average Bonchev–Trinajstić information content (AvgIpc) is 2.73. The van der Waals surface area contributed by atoms with Crippen LogP contribution in [0.1, 0.15) is 11.8 Å². The Morgan fingerprint density at radius 2 is 2.44 bits per heavy atom. The van der Waals surface area contributed by atoms with Gasteiger partial charge in [0.25, 0.3) is 0 Å². The first-order chi connectivity index (χ1) is 7.56. The summed E-state index contributed by atoms with van der Waals surface area (Å²) in [6.45, 7) is 4.31. The van der Waals surface area contributed by atoms with E-state index in [0.717, 1.165) is 18.1 Å². The molecule has 88 valence electrons. The van der Waals surface area contributed by atoms with Gasteiger partial charge in [-0.15, -0.1) is 11.3 Å². The Morgan fingerprint density at radius 3 is 2.94 bits per heavy atom. The number of likely N-dealkylation sites (tertiary alicyclic amines) is 1. The third kappa shape index (κ3) is 2.56. The molecule has 0 amide bonds. The SMILES string of the molecule is C[C@@H]1CN(Cc2cc(Cl)cs2)C[C@H]1C(=O)O. The molecule has 2 rings (SSSR count). The van der Waals surface area contributed by atoms with Crippen LogP contribution in [0.25, 0.3) is 0 Å². The summed E-state index contributed by atoms with van der Waals surface area (Å²) in [4.78, 5) is 14.4. The number of hydrogen-bond donors (Lipinski definition) is 1. The molecule has 3 nitrogen and oxygen atoms in total. The van der Waals surface area contributed by atoms with Gasteiger partial charge in [0, 0.05) is 29.9 Å². The van der Waals surface area contributed by atoms with Crippen LogP contribution in [0.15, 0.2) is 11.4 Å². The van der Waals surface area contributed by atoms with Crippen LogP contribution in [0.2, 0.25) is 5.02 Å². The molecular formula is C11H14ClNO2S. The topological polar surface area (TPSA) is 40.5 Å². The molecule has 0 unspecified atom stereocenters. The molecular weight excluding hydrogens is 246 g/mol. The van der Waals surface area contributed by atoms with E-state index in [-0.39, 0.29) is 11.8 Å². The van der Waals surface area contributed by atoms with E-state index in [1.165, 1.54) is 4.88 Å². The minimum atomic E-state index is -0.681. The standard InChI is InChI=1S/C11H14ClNO2S/c1-7-3-13(5-10(7)11(14)15)4-9-2-8(12)6-16-9/h2,6-7,10H,3-5H2,1H3,(H,14,15)/t7-,10-/m1/s1. The Bertz CT molecular complexity index is 393. The third-order valence-electron chi connectivity index (χ3n) is 3.01.